The average molecular weight is 424 g/mol. The molecule has 3 rings (SSSR count). The van der Waals surface area contributed by atoms with E-state index in [9.17, 15) is 9.59 Å². The van der Waals surface area contributed by atoms with Crippen LogP contribution < -0.4 is 9.47 Å². The van der Waals surface area contributed by atoms with Gasteiger partial charge in [0.15, 0.2) is 12.4 Å². The monoisotopic (exact) mass is 424 g/mol. The van der Waals surface area contributed by atoms with Gasteiger partial charge in [-0.3, -0.25) is 9.59 Å². The third-order valence-corrected chi connectivity index (χ3v) is 4.79. The molecule has 0 saturated carbocycles. The van der Waals surface area contributed by atoms with Crippen molar-refractivity contribution in [3.8, 4) is 11.5 Å². The molecule has 0 bridgehead atoms. The third-order valence-electron chi connectivity index (χ3n) is 4.79. The van der Waals surface area contributed by atoms with Crippen molar-refractivity contribution in [2.75, 3.05) is 13.7 Å². The summed E-state index contributed by atoms with van der Waals surface area (Å²) in [6.07, 6.45) is -3.07. The Labute approximate surface area is 175 Å². The molecule has 2 saturated heterocycles. The zero-order valence-corrected chi connectivity index (χ0v) is 17.6. The van der Waals surface area contributed by atoms with Gasteiger partial charge >= 0.3 is 11.9 Å². The number of hydrogen-bond acceptors (Lipinski definition) is 9. The van der Waals surface area contributed by atoms with Gasteiger partial charge in [-0.05, 0) is 30.7 Å². The van der Waals surface area contributed by atoms with Crippen LogP contribution in [0, 0.1) is 0 Å². The zero-order chi connectivity index (χ0) is 21.7. The predicted octanol–water partition coefficient (Wildman–Crippen LogP) is 2.20. The molecule has 0 amide bonds. The Kier molecular flexibility index (Phi) is 7.52. The fraction of sp³-hybridized carbons (Fsp3) is 0.619. The van der Waals surface area contributed by atoms with Crippen LogP contribution in [0.5, 0.6) is 11.5 Å². The molecule has 1 aromatic rings. The van der Waals surface area contributed by atoms with Crippen LogP contribution in [0.1, 0.15) is 33.6 Å². The normalized spacial score (nSPS) is 30.7. The molecule has 0 aromatic heterocycles. The van der Waals surface area contributed by atoms with Crippen molar-refractivity contribution in [2.24, 2.45) is 0 Å². The molecule has 2 heterocycles. The molecule has 1 aromatic carbocycles. The summed E-state index contributed by atoms with van der Waals surface area (Å²) in [6.45, 7) is 4.81. The first-order chi connectivity index (χ1) is 14.4. The van der Waals surface area contributed by atoms with Crippen LogP contribution in [0.25, 0.3) is 0 Å². The highest BCUT2D eigenvalue weighted by atomic mass is 16.8. The van der Waals surface area contributed by atoms with E-state index in [1.165, 1.54) is 13.8 Å². The largest absolute Gasteiger partial charge is 0.497 e. The number of ether oxygens (including phenoxy) is 7. The van der Waals surface area contributed by atoms with Crippen LogP contribution in [-0.2, 0) is 33.3 Å². The fourth-order valence-corrected chi connectivity index (χ4v) is 3.51. The standard InChI is InChI=1S/C21H28O9/c1-5-6-17-25-11-16-18(30-17)19(26-12(2)22)20(27-13(3)23)21(29-16)28-15-9-7-14(24-4)8-10-15/h7-10,16-21H,5-6,11H2,1-4H3/t16-,17?,18-,19+,20-,21-/m1/s1. The van der Waals surface area contributed by atoms with Gasteiger partial charge in [-0.2, -0.15) is 0 Å². The van der Waals surface area contributed by atoms with E-state index in [0.29, 0.717) is 17.9 Å². The lowest BCUT2D eigenvalue weighted by Gasteiger charge is -2.47. The van der Waals surface area contributed by atoms with Crippen LogP contribution in [0.3, 0.4) is 0 Å². The van der Waals surface area contributed by atoms with Gasteiger partial charge in [0.25, 0.3) is 0 Å². The van der Waals surface area contributed by atoms with Crippen molar-refractivity contribution in [1.82, 2.24) is 0 Å². The summed E-state index contributed by atoms with van der Waals surface area (Å²) < 4.78 is 39.8. The smallest absolute Gasteiger partial charge is 0.303 e. The number of hydrogen-bond donors (Lipinski definition) is 0. The summed E-state index contributed by atoms with van der Waals surface area (Å²) in [5, 5.41) is 0. The molecule has 9 nitrogen and oxygen atoms in total. The highest BCUT2D eigenvalue weighted by molar-refractivity contribution is 5.67. The van der Waals surface area contributed by atoms with Gasteiger partial charge in [0.1, 0.15) is 23.7 Å². The van der Waals surface area contributed by atoms with Gasteiger partial charge in [-0.1, -0.05) is 13.3 Å². The maximum absolute atomic E-state index is 11.8. The van der Waals surface area contributed by atoms with Crippen LogP contribution in [0.15, 0.2) is 24.3 Å². The van der Waals surface area contributed by atoms with Gasteiger partial charge in [-0.15, -0.1) is 0 Å². The van der Waals surface area contributed by atoms with E-state index in [-0.39, 0.29) is 6.61 Å². The SMILES string of the molecule is CCCC1OC[C@H]2O[C@@H](Oc3ccc(OC)cc3)[C@H](OC(C)=O)[C@@H](OC(C)=O)[C@@H]2O1. The van der Waals surface area contributed by atoms with E-state index in [4.69, 9.17) is 33.2 Å². The quantitative estimate of drug-likeness (QED) is 0.610. The number of carbonyl (C=O) groups excluding carboxylic acids is 2. The second-order valence-electron chi connectivity index (χ2n) is 7.14. The van der Waals surface area contributed by atoms with Crippen LogP contribution in [0.2, 0.25) is 0 Å². The number of fused-ring (bicyclic) bond motifs is 1. The van der Waals surface area contributed by atoms with Gasteiger partial charge in [-0.25, -0.2) is 0 Å². The Bertz CT molecular complexity index is 720. The maximum atomic E-state index is 11.8. The molecular formula is C21H28O9. The molecule has 0 aliphatic carbocycles. The average Bonchev–Trinajstić information content (AvgIpc) is 2.71. The van der Waals surface area contributed by atoms with E-state index in [1.54, 1.807) is 31.4 Å². The summed E-state index contributed by atoms with van der Waals surface area (Å²) in [5.74, 6) is 0.0552. The Balaban J connectivity index is 1.85. The van der Waals surface area contributed by atoms with Crippen molar-refractivity contribution in [2.45, 2.75) is 70.6 Å². The van der Waals surface area contributed by atoms with Crippen molar-refractivity contribution in [3.63, 3.8) is 0 Å². The second-order valence-corrected chi connectivity index (χ2v) is 7.14. The lowest BCUT2D eigenvalue weighted by molar-refractivity contribution is -0.349. The van der Waals surface area contributed by atoms with Crippen LogP contribution in [-0.4, -0.2) is 62.7 Å². The topological polar surface area (TPSA) is 98.8 Å². The number of carbonyl (C=O) groups is 2. The van der Waals surface area contributed by atoms with E-state index in [2.05, 4.69) is 0 Å². The predicted molar refractivity (Wildman–Crippen MR) is 103 cm³/mol. The first-order valence-corrected chi connectivity index (χ1v) is 9.99. The lowest BCUT2D eigenvalue weighted by Crippen LogP contribution is -2.65. The van der Waals surface area contributed by atoms with Crippen molar-refractivity contribution >= 4 is 11.9 Å². The molecule has 2 aliphatic heterocycles. The fourth-order valence-electron chi connectivity index (χ4n) is 3.51. The molecule has 2 aliphatic rings. The van der Waals surface area contributed by atoms with E-state index < -0.39 is 48.9 Å². The van der Waals surface area contributed by atoms with Crippen molar-refractivity contribution < 1.29 is 42.7 Å². The first-order valence-electron chi connectivity index (χ1n) is 9.99. The van der Waals surface area contributed by atoms with Gasteiger partial charge in [0, 0.05) is 13.8 Å². The molecule has 0 radical (unpaired) electrons. The van der Waals surface area contributed by atoms with Gasteiger partial charge in [0.2, 0.25) is 12.4 Å². The highest BCUT2D eigenvalue weighted by Crippen LogP contribution is 2.34. The van der Waals surface area contributed by atoms with E-state index >= 15 is 0 Å². The summed E-state index contributed by atoms with van der Waals surface area (Å²) >= 11 is 0. The molecule has 9 heteroatoms. The van der Waals surface area contributed by atoms with Crippen molar-refractivity contribution in [3.05, 3.63) is 24.3 Å². The van der Waals surface area contributed by atoms with Crippen LogP contribution >= 0.6 is 0 Å². The summed E-state index contributed by atoms with van der Waals surface area (Å²) in [6, 6.07) is 6.86. The zero-order valence-electron chi connectivity index (χ0n) is 17.6. The molecule has 6 atom stereocenters. The number of methoxy groups -OCH3 is 1. The Morgan fingerprint density at radius 1 is 1.00 bits per heavy atom. The minimum Gasteiger partial charge on any atom is -0.497 e. The minimum atomic E-state index is -1.03. The Hall–Kier alpha value is -2.36. The molecule has 0 spiro atoms. The van der Waals surface area contributed by atoms with Gasteiger partial charge < -0.3 is 33.2 Å². The lowest BCUT2D eigenvalue weighted by atomic mass is 9.97. The minimum absolute atomic E-state index is 0.238. The molecule has 166 valence electrons. The Morgan fingerprint density at radius 2 is 1.63 bits per heavy atom. The molecule has 2 fully saturated rings. The molecule has 0 N–H and O–H groups in total. The second kappa shape index (κ2) is 10.1. The maximum Gasteiger partial charge on any atom is 0.303 e. The van der Waals surface area contributed by atoms with Crippen LogP contribution in [0.4, 0.5) is 0 Å². The highest BCUT2D eigenvalue weighted by Gasteiger charge is 2.54. The summed E-state index contributed by atoms with van der Waals surface area (Å²) in [7, 11) is 1.57. The number of benzene rings is 1. The third kappa shape index (κ3) is 5.41. The first kappa shape index (κ1) is 22.3. The molecule has 30 heavy (non-hydrogen) atoms. The van der Waals surface area contributed by atoms with E-state index in [0.717, 1.165) is 6.42 Å². The number of esters is 2. The molecular weight excluding hydrogens is 396 g/mol. The number of rotatable bonds is 7. The van der Waals surface area contributed by atoms with Gasteiger partial charge in [0.05, 0.1) is 13.7 Å². The molecule has 1 unspecified atom stereocenters. The Morgan fingerprint density at radius 3 is 2.23 bits per heavy atom. The van der Waals surface area contributed by atoms with E-state index in [1.807, 2.05) is 6.92 Å². The van der Waals surface area contributed by atoms with Crippen molar-refractivity contribution in [1.29, 1.82) is 0 Å². The summed E-state index contributed by atoms with van der Waals surface area (Å²) in [5.41, 5.74) is 0. The summed E-state index contributed by atoms with van der Waals surface area (Å²) in [4.78, 5) is 23.6.